The summed E-state index contributed by atoms with van der Waals surface area (Å²) >= 11 is 5.48. The summed E-state index contributed by atoms with van der Waals surface area (Å²) in [5.41, 5.74) is 1.03. The van der Waals surface area contributed by atoms with E-state index < -0.39 is 0 Å². The number of nitrogens with one attached hydrogen (secondary N) is 1. The molecule has 0 atom stereocenters. The molecule has 0 rings (SSSR count). The van der Waals surface area contributed by atoms with Gasteiger partial charge in [-0.1, -0.05) is 18.7 Å². The summed E-state index contributed by atoms with van der Waals surface area (Å²) in [5, 5.41) is 2.88. The third kappa shape index (κ3) is 4.21. The molecule has 0 saturated carbocycles. The minimum atomic E-state index is 0.523. The third-order valence-electron chi connectivity index (χ3n) is 0.991. The Bertz CT molecular complexity index is 147. The number of allylic oxidation sites excluding steroid dienone is 4. The van der Waals surface area contributed by atoms with E-state index in [4.69, 9.17) is 11.6 Å². The minimum absolute atomic E-state index is 0.523. The highest BCUT2D eigenvalue weighted by atomic mass is 35.5. The lowest BCUT2D eigenvalue weighted by Crippen LogP contribution is -1.91. The van der Waals surface area contributed by atoms with Crippen LogP contribution in [0, 0.1) is 0 Å². The number of halogens is 1. The molecule has 0 aliphatic heterocycles. The van der Waals surface area contributed by atoms with E-state index in [1.807, 2.05) is 25.4 Å². The van der Waals surface area contributed by atoms with E-state index in [0.717, 1.165) is 5.57 Å². The van der Waals surface area contributed by atoms with Crippen LogP contribution in [0.5, 0.6) is 0 Å². The fraction of sp³-hybridized carbons (Fsp3) is 0.250. The average Bonchev–Trinajstić information content (AvgIpc) is 1.98. The van der Waals surface area contributed by atoms with E-state index in [1.165, 1.54) is 0 Å². The Morgan fingerprint density at radius 3 is 2.80 bits per heavy atom. The predicted octanol–water partition coefficient (Wildman–Crippen LogP) is 2.07. The normalized spacial score (nSPS) is 12.0. The molecular formula is C8H12ClN. The Hall–Kier alpha value is -0.690. The highest BCUT2D eigenvalue weighted by molar-refractivity contribution is 6.19. The fourth-order valence-corrected chi connectivity index (χ4v) is 0.666. The van der Waals surface area contributed by atoms with Crippen molar-refractivity contribution in [3.8, 4) is 0 Å². The van der Waals surface area contributed by atoms with Gasteiger partial charge in [0.15, 0.2) is 0 Å². The summed E-state index contributed by atoms with van der Waals surface area (Å²) in [4.78, 5) is 0. The molecule has 0 aliphatic rings. The van der Waals surface area contributed by atoms with Crippen LogP contribution in [0.15, 0.2) is 36.6 Å². The van der Waals surface area contributed by atoms with E-state index in [-0.39, 0.29) is 0 Å². The molecule has 0 saturated heterocycles. The van der Waals surface area contributed by atoms with Gasteiger partial charge in [0.1, 0.15) is 0 Å². The number of rotatable bonds is 4. The van der Waals surface area contributed by atoms with Crippen LogP contribution in [-0.2, 0) is 0 Å². The largest absolute Gasteiger partial charge is 0.394 e. The van der Waals surface area contributed by atoms with E-state index in [0.29, 0.717) is 5.88 Å². The first-order valence-corrected chi connectivity index (χ1v) is 3.61. The molecule has 0 bridgehead atoms. The topological polar surface area (TPSA) is 12.0 Å². The Morgan fingerprint density at radius 2 is 2.40 bits per heavy atom. The Morgan fingerprint density at radius 1 is 1.70 bits per heavy atom. The molecule has 0 amide bonds. The van der Waals surface area contributed by atoms with E-state index in [1.54, 1.807) is 6.08 Å². The summed E-state index contributed by atoms with van der Waals surface area (Å²) < 4.78 is 0. The molecule has 0 unspecified atom stereocenters. The van der Waals surface area contributed by atoms with Crippen LogP contribution in [0.3, 0.4) is 0 Å². The smallest absolute Gasteiger partial charge is 0.0412 e. The monoisotopic (exact) mass is 157 g/mol. The van der Waals surface area contributed by atoms with Gasteiger partial charge in [0, 0.05) is 12.9 Å². The second-order valence-electron chi connectivity index (χ2n) is 1.68. The van der Waals surface area contributed by atoms with Gasteiger partial charge in [-0.15, -0.1) is 11.6 Å². The zero-order valence-electron chi connectivity index (χ0n) is 6.10. The molecule has 0 aliphatic carbocycles. The van der Waals surface area contributed by atoms with E-state index in [9.17, 15) is 0 Å². The van der Waals surface area contributed by atoms with Gasteiger partial charge in [0.05, 0.1) is 0 Å². The summed E-state index contributed by atoms with van der Waals surface area (Å²) in [6, 6.07) is 0. The van der Waals surface area contributed by atoms with Crippen molar-refractivity contribution in [3.63, 3.8) is 0 Å². The molecule has 0 spiro atoms. The molecule has 1 N–H and O–H groups in total. The van der Waals surface area contributed by atoms with Gasteiger partial charge in [0.2, 0.25) is 0 Å². The maximum Gasteiger partial charge on any atom is 0.0412 e. The summed E-state index contributed by atoms with van der Waals surface area (Å²) in [5.74, 6) is 0.523. The van der Waals surface area contributed by atoms with Crippen LogP contribution >= 0.6 is 11.6 Å². The summed E-state index contributed by atoms with van der Waals surface area (Å²) in [6.45, 7) is 3.63. The second-order valence-corrected chi connectivity index (χ2v) is 1.99. The van der Waals surface area contributed by atoms with Crippen molar-refractivity contribution in [3.05, 3.63) is 36.6 Å². The zero-order chi connectivity index (χ0) is 7.82. The molecule has 0 aromatic heterocycles. The van der Waals surface area contributed by atoms with Crippen molar-refractivity contribution in [2.24, 2.45) is 0 Å². The van der Waals surface area contributed by atoms with Crippen LogP contribution in [-0.4, -0.2) is 12.9 Å². The molecule has 10 heavy (non-hydrogen) atoms. The first-order chi connectivity index (χ1) is 4.85. The van der Waals surface area contributed by atoms with Gasteiger partial charge in [-0.3, -0.25) is 0 Å². The van der Waals surface area contributed by atoms with Gasteiger partial charge in [-0.05, 0) is 17.8 Å². The molecule has 0 radical (unpaired) electrons. The molecule has 0 aromatic rings. The van der Waals surface area contributed by atoms with Crippen LogP contribution < -0.4 is 5.32 Å². The van der Waals surface area contributed by atoms with Gasteiger partial charge in [-0.25, -0.2) is 0 Å². The van der Waals surface area contributed by atoms with Crippen LogP contribution in [0.2, 0.25) is 0 Å². The SMILES string of the molecule is C=CC(/C=C\NC)=C/CCl. The molecule has 1 nitrogen and oxygen atoms in total. The summed E-state index contributed by atoms with van der Waals surface area (Å²) in [6.07, 6.45) is 7.40. The molecular weight excluding hydrogens is 146 g/mol. The van der Waals surface area contributed by atoms with Crippen LogP contribution in [0.25, 0.3) is 0 Å². The zero-order valence-corrected chi connectivity index (χ0v) is 6.86. The summed E-state index contributed by atoms with van der Waals surface area (Å²) in [7, 11) is 1.85. The molecule has 0 heterocycles. The molecule has 2 heteroatoms. The van der Waals surface area contributed by atoms with Crippen molar-refractivity contribution in [2.75, 3.05) is 12.9 Å². The van der Waals surface area contributed by atoms with E-state index in [2.05, 4.69) is 11.9 Å². The number of hydrogen-bond acceptors (Lipinski definition) is 1. The average molecular weight is 158 g/mol. The molecule has 0 aromatic carbocycles. The third-order valence-corrected chi connectivity index (χ3v) is 1.15. The Kier molecular flexibility index (Phi) is 5.99. The fourth-order valence-electron chi connectivity index (χ4n) is 0.488. The van der Waals surface area contributed by atoms with Crippen molar-refractivity contribution < 1.29 is 0 Å². The first-order valence-electron chi connectivity index (χ1n) is 3.07. The van der Waals surface area contributed by atoms with Crippen LogP contribution in [0.4, 0.5) is 0 Å². The van der Waals surface area contributed by atoms with Crippen molar-refractivity contribution in [1.82, 2.24) is 5.32 Å². The standard InChI is InChI=1S/C8H12ClN/c1-3-8(4-6-9)5-7-10-2/h3-5,7,10H,1,6H2,2H3/b7-5-,8-4-. The van der Waals surface area contributed by atoms with Crippen LogP contribution in [0.1, 0.15) is 0 Å². The van der Waals surface area contributed by atoms with Gasteiger partial charge in [-0.2, -0.15) is 0 Å². The Labute approximate surface area is 67.1 Å². The first kappa shape index (κ1) is 9.31. The lowest BCUT2D eigenvalue weighted by molar-refractivity contribution is 1.10. The van der Waals surface area contributed by atoms with Gasteiger partial charge < -0.3 is 5.32 Å². The van der Waals surface area contributed by atoms with Crippen molar-refractivity contribution >= 4 is 11.6 Å². The lowest BCUT2D eigenvalue weighted by Gasteiger charge is -1.90. The molecule has 56 valence electrons. The quantitative estimate of drug-likeness (QED) is 0.487. The lowest BCUT2D eigenvalue weighted by atomic mass is 10.2. The minimum Gasteiger partial charge on any atom is -0.394 e. The molecule has 0 fully saturated rings. The highest BCUT2D eigenvalue weighted by Crippen LogP contribution is 1.97. The maximum absolute atomic E-state index is 5.48. The maximum atomic E-state index is 5.48. The van der Waals surface area contributed by atoms with Crippen molar-refractivity contribution in [1.29, 1.82) is 0 Å². The van der Waals surface area contributed by atoms with E-state index >= 15 is 0 Å². The van der Waals surface area contributed by atoms with Crippen molar-refractivity contribution in [2.45, 2.75) is 0 Å². The highest BCUT2D eigenvalue weighted by Gasteiger charge is 1.80. The Balaban J connectivity index is 3.94. The predicted molar refractivity (Wildman–Crippen MR) is 47.2 cm³/mol. The van der Waals surface area contributed by atoms with Gasteiger partial charge in [0.25, 0.3) is 0 Å². The number of hydrogen-bond donors (Lipinski definition) is 1. The van der Waals surface area contributed by atoms with Gasteiger partial charge >= 0.3 is 0 Å². The second kappa shape index (κ2) is 6.43. The number of alkyl halides is 1.